The van der Waals surface area contributed by atoms with Gasteiger partial charge < -0.3 is 14.4 Å². The van der Waals surface area contributed by atoms with Gasteiger partial charge in [-0.05, 0) is 168 Å². The molecule has 80 heavy (non-hydrogen) atoms. The van der Waals surface area contributed by atoms with E-state index in [9.17, 15) is 13.2 Å². The molecule has 0 atom stereocenters. The molecule has 0 radical (unpaired) electrons. The maximum Gasteiger partial charge on any atom is 0.416 e. The zero-order valence-corrected chi connectivity index (χ0v) is 47.6. The van der Waals surface area contributed by atoms with Crippen molar-refractivity contribution in [1.82, 2.24) is 4.57 Å². The molecule has 0 spiro atoms. The summed E-state index contributed by atoms with van der Waals surface area (Å²) in [5.74, 6) is -1.92. The third-order valence-corrected chi connectivity index (χ3v) is 16.5. The summed E-state index contributed by atoms with van der Waals surface area (Å²) in [6.45, 7) is 27.2. The summed E-state index contributed by atoms with van der Waals surface area (Å²) in [6.07, 6.45) is -4.76. The highest BCUT2D eigenvalue weighted by Crippen LogP contribution is 2.50. The average Bonchev–Trinajstić information content (AvgIpc) is 3.89. The monoisotopic (exact) mass is 1070 g/mol. The van der Waals surface area contributed by atoms with Crippen LogP contribution < -0.4 is 26.2 Å². The normalized spacial score (nSPS) is 13.7. The van der Waals surface area contributed by atoms with Gasteiger partial charge in [-0.1, -0.05) is 162 Å². The minimum atomic E-state index is -4.76. The molecule has 3 nitrogen and oxygen atoms in total. The molecule has 0 amide bonds. The predicted octanol–water partition coefficient (Wildman–Crippen LogP) is 18.7. The van der Waals surface area contributed by atoms with E-state index in [4.69, 9.17) is 0 Å². The fourth-order valence-electron chi connectivity index (χ4n) is 12.1. The molecule has 9 aromatic carbocycles. The lowest BCUT2D eigenvalue weighted by molar-refractivity contribution is -0.137. The Bertz CT molecular complexity index is 3920. The van der Waals surface area contributed by atoms with Crippen molar-refractivity contribution in [2.24, 2.45) is 0 Å². The fraction of sp³-hybridized carbons (Fsp3) is 0.239. The van der Waals surface area contributed by atoms with Gasteiger partial charge in [0.1, 0.15) is 11.6 Å². The molecule has 0 unspecified atom stereocenters. The van der Waals surface area contributed by atoms with Crippen LogP contribution in [0, 0.1) is 11.6 Å². The first kappa shape index (κ1) is 52.8. The smallest absolute Gasteiger partial charge is 0.311 e. The average molecular weight is 1070 g/mol. The van der Waals surface area contributed by atoms with Crippen LogP contribution in [0.1, 0.15) is 111 Å². The first-order valence-corrected chi connectivity index (χ1v) is 27.6. The van der Waals surface area contributed by atoms with E-state index in [-0.39, 0.29) is 39.6 Å². The lowest BCUT2D eigenvalue weighted by Crippen LogP contribution is -2.61. The van der Waals surface area contributed by atoms with E-state index in [0.717, 1.165) is 80.3 Å². The molecule has 12 rings (SSSR count). The number of hydrogen-bond acceptors (Lipinski definition) is 2. The largest absolute Gasteiger partial charge is 0.416 e. The van der Waals surface area contributed by atoms with E-state index >= 15 is 8.78 Å². The molecule has 0 aliphatic carbocycles. The highest BCUT2D eigenvalue weighted by molar-refractivity contribution is 7.00. The molecular weight excluding hydrogens is 1000 g/mol. The highest BCUT2D eigenvalue weighted by atomic mass is 19.4. The van der Waals surface area contributed by atoms with Crippen molar-refractivity contribution in [2.75, 3.05) is 9.80 Å². The quantitative estimate of drug-likeness (QED) is 0.126. The van der Waals surface area contributed by atoms with Gasteiger partial charge in [0.15, 0.2) is 0 Å². The number of rotatable bonds is 5. The molecule has 1 aromatic heterocycles. The van der Waals surface area contributed by atoms with Gasteiger partial charge in [0.25, 0.3) is 6.71 Å². The molecule has 2 aliphatic rings. The lowest BCUT2D eigenvalue weighted by Gasteiger charge is -2.45. The number of hydrogen-bond donors (Lipinski definition) is 0. The van der Waals surface area contributed by atoms with Crippen molar-refractivity contribution in [2.45, 2.75) is 111 Å². The topological polar surface area (TPSA) is 11.4 Å². The van der Waals surface area contributed by atoms with Crippen LogP contribution in [0.4, 0.5) is 56.1 Å². The van der Waals surface area contributed by atoms with Crippen LogP contribution in [0.3, 0.4) is 0 Å². The predicted molar refractivity (Wildman–Crippen MR) is 325 cm³/mol. The second-order valence-corrected chi connectivity index (χ2v) is 26.1. The van der Waals surface area contributed by atoms with Crippen LogP contribution in [0.5, 0.6) is 0 Å². The van der Waals surface area contributed by atoms with Gasteiger partial charge in [-0.2, -0.15) is 13.2 Å². The standard InChI is InChI=1S/C71H65BF5N3/c1-67(2,3)45-35-46(68(4,5)6)38-49(37-45)78-61-26-17-14-21-54(61)72-55-22-15-18-27-62(55)79(50-39-47(69(7,8)9)36-48(40-50)70(10,11)12)64-34-43(33-63(78)66(64)72)42-28-30-59-52(32-42)51-20-13-16-25-58(51)80(59)60-31-29-44(71(75,76)77)41-53(60)65-56(73)23-19-24-57(65)74/h13-41H,1-12H3. The number of aromatic nitrogens is 1. The van der Waals surface area contributed by atoms with Crippen LogP contribution in [-0.2, 0) is 27.8 Å². The number of para-hydroxylation sites is 3. The summed E-state index contributed by atoms with van der Waals surface area (Å²) < 4.78 is 77.0. The molecule has 0 bridgehead atoms. The Morgan fingerprint density at radius 1 is 0.362 bits per heavy atom. The molecule has 0 saturated heterocycles. The van der Waals surface area contributed by atoms with Gasteiger partial charge in [0, 0.05) is 50.5 Å². The van der Waals surface area contributed by atoms with Crippen molar-refractivity contribution in [1.29, 1.82) is 0 Å². The van der Waals surface area contributed by atoms with Gasteiger partial charge in [0.05, 0.1) is 27.8 Å². The Kier molecular flexibility index (Phi) is 12.1. The highest BCUT2D eigenvalue weighted by Gasteiger charge is 2.44. The minimum absolute atomic E-state index is 0.118. The zero-order valence-electron chi connectivity index (χ0n) is 47.6. The van der Waals surface area contributed by atoms with Crippen LogP contribution >= 0.6 is 0 Å². The zero-order chi connectivity index (χ0) is 56.7. The Morgan fingerprint density at radius 3 is 1.31 bits per heavy atom. The lowest BCUT2D eigenvalue weighted by atomic mass is 9.33. The molecule has 0 N–H and O–H groups in total. The third-order valence-electron chi connectivity index (χ3n) is 16.5. The van der Waals surface area contributed by atoms with Crippen molar-refractivity contribution in [3.8, 4) is 27.9 Å². The molecule has 10 aromatic rings. The van der Waals surface area contributed by atoms with Gasteiger partial charge >= 0.3 is 6.18 Å². The summed E-state index contributed by atoms with van der Waals surface area (Å²) in [5, 5.41) is 1.66. The number of benzene rings is 9. The molecule has 0 saturated carbocycles. The second-order valence-electron chi connectivity index (χ2n) is 26.1. The fourth-order valence-corrected chi connectivity index (χ4v) is 12.1. The Balaban J connectivity index is 1.18. The summed E-state index contributed by atoms with van der Waals surface area (Å²) in [4.78, 5) is 4.96. The Morgan fingerprint density at radius 2 is 0.825 bits per heavy atom. The van der Waals surface area contributed by atoms with Crippen LogP contribution in [0.25, 0.3) is 49.7 Å². The molecule has 0 fully saturated rings. The maximum atomic E-state index is 15.9. The van der Waals surface area contributed by atoms with E-state index in [1.807, 2.05) is 34.9 Å². The van der Waals surface area contributed by atoms with Crippen molar-refractivity contribution < 1.29 is 22.0 Å². The van der Waals surface area contributed by atoms with Crippen molar-refractivity contribution in [3.63, 3.8) is 0 Å². The molecule has 9 heteroatoms. The number of nitrogens with zero attached hydrogens (tertiary/aromatic N) is 3. The third kappa shape index (κ3) is 8.79. The first-order chi connectivity index (χ1) is 37.7. The number of halogens is 5. The van der Waals surface area contributed by atoms with Gasteiger partial charge in [-0.3, -0.25) is 0 Å². The summed E-state index contributed by atoms with van der Waals surface area (Å²) in [6, 6.07) is 57.0. The minimum Gasteiger partial charge on any atom is -0.311 e. The van der Waals surface area contributed by atoms with E-state index in [1.54, 1.807) is 0 Å². The van der Waals surface area contributed by atoms with Gasteiger partial charge in [0.2, 0.25) is 0 Å². The van der Waals surface area contributed by atoms with Gasteiger partial charge in [-0.25, -0.2) is 8.78 Å². The summed E-state index contributed by atoms with van der Waals surface area (Å²) >= 11 is 0. The SMILES string of the molecule is CC(C)(C)c1cc(N2c3ccccc3B3c4ccccc4N(c4cc(C(C)(C)C)cc(C(C)(C)C)c4)c4cc(-c5ccc6c(c5)c5ccccc5n6-c5ccc(C(F)(F)F)cc5-c5c(F)cccc5F)cc2c43)cc(C(C)(C)C)c1. The van der Waals surface area contributed by atoms with E-state index in [2.05, 4.69) is 202 Å². The summed E-state index contributed by atoms with van der Waals surface area (Å²) in [7, 11) is 0. The maximum absolute atomic E-state index is 15.9. The van der Waals surface area contributed by atoms with Crippen LogP contribution in [-0.4, -0.2) is 11.3 Å². The number of fused-ring (bicyclic) bond motifs is 7. The number of anilines is 6. The van der Waals surface area contributed by atoms with E-state index < -0.39 is 28.9 Å². The molecular formula is C71H65BF5N3. The Hall–Kier alpha value is -7.91. The van der Waals surface area contributed by atoms with Crippen molar-refractivity contribution >= 4 is 79.0 Å². The van der Waals surface area contributed by atoms with E-state index in [1.165, 1.54) is 50.8 Å². The molecule has 2 aliphatic heterocycles. The summed E-state index contributed by atoms with van der Waals surface area (Å²) in [5.41, 5.74) is 16.1. The second kappa shape index (κ2) is 18.3. The molecule has 3 heterocycles. The van der Waals surface area contributed by atoms with Crippen LogP contribution in [0.2, 0.25) is 0 Å². The molecule has 402 valence electrons. The van der Waals surface area contributed by atoms with Crippen LogP contribution in [0.15, 0.2) is 176 Å². The van der Waals surface area contributed by atoms with E-state index in [0.29, 0.717) is 11.0 Å². The Labute approximate surface area is 467 Å². The van der Waals surface area contributed by atoms with Crippen molar-refractivity contribution in [3.05, 3.63) is 215 Å². The first-order valence-electron chi connectivity index (χ1n) is 27.6. The number of alkyl halides is 3. The van der Waals surface area contributed by atoms with Gasteiger partial charge in [-0.15, -0.1) is 0 Å².